The minimum Gasteiger partial charge on any atom is -0.335 e. The van der Waals surface area contributed by atoms with Gasteiger partial charge in [-0.15, -0.1) is 5.10 Å². The maximum atomic E-state index is 12.3. The van der Waals surface area contributed by atoms with Gasteiger partial charge in [0.15, 0.2) is 0 Å². The van der Waals surface area contributed by atoms with Gasteiger partial charge in [0.2, 0.25) is 5.82 Å². The van der Waals surface area contributed by atoms with Gasteiger partial charge in [0.1, 0.15) is 5.82 Å². The van der Waals surface area contributed by atoms with E-state index in [4.69, 9.17) is 0 Å². The summed E-state index contributed by atoms with van der Waals surface area (Å²) in [5.74, 6) is 1.02. The van der Waals surface area contributed by atoms with E-state index in [9.17, 15) is 4.79 Å². The third kappa shape index (κ3) is 3.68. The molecule has 0 saturated carbocycles. The molecule has 1 amide bonds. The molecule has 0 atom stereocenters. The van der Waals surface area contributed by atoms with E-state index < -0.39 is 0 Å². The van der Waals surface area contributed by atoms with Crippen molar-refractivity contribution in [3.8, 4) is 0 Å². The highest BCUT2D eigenvalue weighted by atomic mass is 16.2. The Morgan fingerprint density at radius 3 is 2.38 bits per heavy atom. The minimum absolute atomic E-state index is 0.169. The van der Waals surface area contributed by atoms with Crippen LogP contribution in [-0.4, -0.2) is 33.0 Å². The third-order valence-electron chi connectivity index (χ3n) is 3.44. The first kappa shape index (κ1) is 15.2. The number of aryl methyl sites for hydroxylation is 1. The number of aromatic nitrogens is 3. The normalized spacial score (nSPS) is 10.9. The topological polar surface area (TPSA) is 61.9 Å². The van der Waals surface area contributed by atoms with Gasteiger partial charge in [0.25, 0.3) is 5.91 Å². The molecule has 0 spiro atoms. The minimum atomic E-state index is -0.169. The number of aromatic amines is 1. The van der Waals surface area contributed by atoms with Crippen molar-refractivity contribution in [1.82, 2.24) is 20.1 Å². The van der Waals surface area contributed by atoms with E-state index in [1.54, 1.807) is 11.9 Å². The number of carbonyl (C=O) groups is 1. The first-order chi connectivity index (χ1) is 10.0. The van der Waals surface area contributed by atoms with E-state index in [1.165, 1.54) is 5.56 Å². The van der Waals surface area contributed by atoms with Crippen molar-refractivity contribution in [3.63, 3.8) is 0 Å². The number of benzene rings is 1. The molecule has 2 rings (SSSR count). The van der Waals surface area contributed by atoms with Crippen LogP contribution in [0, 0.1) is 0 Å². The molecule has 1 aromatic heterocycles. The second-order valence-electron chi connectivity index (χ2n) is 5.53. The maximum absolute atomic E-state index is 12.3. The van der Waals surface area contributed by atoms with Crippen molar-refractivity contribution in [3.05, 3.63) is 47.0 Å². The molecule has 0 fully saturated rings. The van der Waals surface area contributed by atoms with E-state index in [0.29, 0.717) is 6.54 Å². The number of H-pyrrole nitrogens is 1. The predicted octanol–water partition coefficient (Wildman–Crippen LogP) is 2.76. The van der Waals surface area contributed by atoms with Crippen molar-refractivity contribution >= 4 is 5.91 Å². The Morgan fingerprint density at radius 2 is 1.86 bits per heavy atom. The van der Waals surface area contributed by atoms with Gasteiger partial charge in [0, 0.05) is 19.5 Å². The van der Waals surface area contributed by atoms with E-state index in [1.807, 2.05) is 13.8 Å². The lowest BCUT2D eigenvalue weighted by atomic mass is 10.1. The van der Waals surface area contributed by atoms with Crippen molar-refractivity contribution in [2.24, 2.45) is 0 Å². The van der Waals surface area contributed by atoms with E-state index in [0.717, 1.165) is 17.8 Å². The predicted molar refractivity (Wildman–Crippen MR) is 82.1 cm³/mol. The zero-order chi connectivity index (χ0) is 15.4. The molecule has 0 aliphatic rings. The summed E-state index contributed by atoms with van der Waals surface area (Å²) in [6.07, 6.45) is 1.02. The Kier molecular flexibility index (Phi) is 4.73. The average Bonchev–Trinajstić information content (AvgIpc) is 2.97. The molecule has 0 aliphatic carbocycles. The highest BCUT2D eigenvalue weighted by Crippen LogP contribution is 2.11. The SMILES string of the molecule is CCc1ccc(CN(C)C(=O)c2n[nH]c(C(C)C)n2)cc1. The van der Waals surface area contributed by atoms with Gasteiger partial charge < -0.3 is 4.90 Å². The highest BCUT2D eigenvalue weighted by molar-refractivity contribution is 5.90. The van der Waals surface area contributed by atoms with Crippen LogP contribution in [0.5, 0.6) is 0 Å². The van der Waals surface area contributed by atoms with Crippen molar-refractivity contribution in [1.29, 1.82) is 0 Å². The number of nitrogens with zero attached hydrogens (tertiary/aromatic N) is 3. The average molecular weight is 286 g/mol. The van der Waals surface area contributed by atoms with Gasteiger partial charge in [-0.3, -0.25) is 9.89 Å². The second kappa shape index (κ2) is 6.52. The lowest BCUT2D eigenvalue weighted by Crippen LogP contribution is -2.27. The molecular formula is C16H22N4O. The smallest absolute Gasteiger partial charge is 0.293 e. The quantitative estimate of drug-likeness (QED) is 0.919. The summed E-state index contributed by atoms with van der Waals surface area (Å²) in [4.78, 5) is 18.2. The van der Waals surface area contributed by atoms with Gasteiger partial charge in [-0.1, -0.05) is 45.0 Å². The van der Waals surface area contributed by atoms with E-state index >= 15 is 0 Å². The Morgan fingerprint density at radius 1 is 1.24 bits per heavy atom. The fourth-order valence-corrected chi connectivity index (χ4v) is 2.02. The fraction of sp³-hybridized carbons (Fsp3) is 0.438. The van der Waals surface area contributed by atoms with Crippen LogP contribution >= 0.6 is 0 Å². The standard InChI is InChI=1S/C16H22N4O/c1-5-12-6-8-13(9-7-12)10-20(4)16(21)15-17-14(11(2)3)18-19-15/h6-9,11H,5,10H2,1-4H3,(H,17,18,19). The molecular weight excluding hydrogens is 264 g/mol. The highest BCUT2D eigenvalue weighted by Gasteiger charge is 2.18. The lowest BCUT2D eigenvalue weighted by molar-refractivity contribution is 0.0773. The van der Waals surface area contributed by atoms with Crippen molar-refractivity contribution in [2.75, 3.05) is 7.05 Å². The molecule has 0 aliphatic heterocycles. The monoisotopic (exact) mass is 286 g/mol. The van der Waals surface area contributed by atoms with Crippen LogP contribution in [0.2, 0.25) is 0 Å². The molecule has 0 radical (unpaired) electrons. The first-order valence-electron chi connectivity index (χ1n) is 7.26. The third-order valence-corrected chi connectivity index (χ3v) is 3.44. The number of hydrogen-bond donors (Lipinski definition) is 1. The van der Waals surface area contributed by atoms with Gasteiger partial charge >= 0.3 is 0 Å². The fourth-order valence-electron chi connectivity index (χ4n) is 2.02. The molecule has 112 valence electrons. The van der Waals surface area contributed by atoms with Crippen molar-refractivity contribution in [2.45, 2.75) is 39.7 Å². The number of carbonyl (C=O) groups excluding carboxylic acids is 1. The Labute approximate surface area is 125 Å². The van der Waals surface area contributed by atoms with Gasteiger partial charge in [-0.25, -0.2) is 4.98 Å². The van der Waals surface area contributed by atoms with Gasteiger partial charge in [-0.05, 0) is 17.5 Å². The summed E-state index contributed by atoms with van der Waals surface area (Å²) < 4.78 is 0. The van der Waals surface area contributed by atoms with Crippen LogP contribution in [0.15, 0.2) is 24.3 Å². The second-order valence-corrected chi connectivity index (χ2v) is 5.53. The van der Waals surface area contributed by atoms with E-state index in [-0.39, 0.29) is 17.6 Å². The van der Waals surface area contributed by atoms with Gasteiger partial charge in [0.05, 0.1) is 0 Å². The molecule has 1 aromatic carbocycles. The molecule has 5 heteroatoms. The first-order valence-corrected chi connectivity index (χ1v) is 7.26. The van der Waals surface area contributed by atoms with Gasteiger partial charge in [-0.2, -0.15) is 0 Å². The number of hydrogen-bond acceptors (Lipinski definition) is 3. The Hall–Kier alpha value is -2.17. The summed E-state index contributed by atoms with van der Waals surface area (Å²) in [6.45, 7) is 6.69. The Balaban J connectivity index is 2.04. The number of amides is 1. The van der Waals surface area contributed by atoms with Crippen LogP contribution < -0.4 is 0 Å². The molecule has 0 bridgehead atoms. The van der Waals surface area contributed by atoms with Crippen LogP contribution in [0.3, 0.4) is 0 Å². The molecule has 5 nitrogen and oxygen atoms in total. The number of nitrogens with one attached hydrogen (secondary N) is 1. The summed E-state index contributed by atoms with van der Waals surface area (Å²) in [5, 5.41) is 6.81. The molecule has 0 saturated heterocycles. The van der Waals surface area contributed by atoms with Crippen LogP contribution in [0.1, 0.15) is 54.3 Å². The summed E-state index contributed by atoms with van der Waals surface area (Å²) >= 11 is 0. The van der Waals surface area contributed by atoms with Crippen LogP contribution in [0.4, 0.5) is 0 Å². The largest absolute Gasteiger partial charge is 0.335 e. The summed E-state index contributed by atoms with van der Waals surface area (Å²) in [7, 11) is 1.77. The molecule has 1 heterocycles. The molecule has 2 aromatic rings. The Bertz CT molecular complexity index is 601. The summed E-state index contributed by atoms with van der Waals surface area (Å²) in [5.41, 5.74) is 2.39. The van der Waals surface area contributed by atoms with Crippen LogP contribution in [0.25, 0.3) is 0 Å². The van der Waals surface area contributed by atoms with Crippen molar-refractivity contribution < 1.29 is 4.79 Å². The van der Waals surface area contributed by atoms with E-state index in [2.05, 4.69) is 46.4 Å². The maximum Gasteiger partial charge on any atom is 0.293 e. The lowest BCUT2D eigenvalue weighted by Gasteiger charge is -2.15. The van der Waals surface area contributed by atoms with Crippen LogP contribution in [-0.2, 0) is 13.0 Å². The summed E-state index contributed by atoms with van der Waals surface area (Å²) in [6, 6.07) is 8.30. The zero-order valence-electron chi connectivity index (χ0n) is 13.1. The molecule has 0 unspecified atom stereocenters. The molecule has 1 N–H and O–H groups in total. The zero-order valence-corrected chi connectivity index (χ0v) is 13.1. The molecule has 21 heavy (non-hydrogen) atoms. The number of rotatable bonds is 5.